The van der Waals surface area contributed by atoms with E-state index in [-0.39, 0.29) is 5.75 Å². The first-order chi connectivity index (χ1) is 10.1. The van der Waals surface area contributed by atoms with Crippen LogP contribution >= 0.6 is 0 Å². The molecule has 0 saturated heterocycles. The summed E-state index contributed by atoms with van der Waals surface area (Å²) in [5.74, 6) is -0.918. The van der Waals surface area contributed by atoms with Crippen LogP contribution in [0.5, 0.6) is 11.5 Å². The fraction of sp³-hybridized carbons (Fsp3) is 0.294. The van der Waals surface area contributed by atoms with E-state index < -0.39 is 11.6 Å². The third-order valence-electron chi connectivity index (χ3n) is 2.95. The molecule has 2 nitrogen and oxygen atoms in total. The van der Waals surface area contributed by atoms with E-state index in [1.807, 2.05) is 12.1 Å². The molecule has 2 rings (SSSR count). The summed E-state index contributed by atoms with van der Waals surface area (Å²) >= 11 is 0. The molecule has 1 N–H and O–H groups in total. The molecular formula is C17H19F2NO. The first kappa shape index (κ1) is 15.4. The minimum atomic E-state index is -0.972. The highest BCUT2D eigenvalue weighted by molar-refractivity contribution is 5.34. The van der Waals surface area contributed by atoms with Crippen LogP contribution in [0.1, 0.15) is 19.4 Å². The Hall–Kier alpha value is -1.94. The molecule has 2 aromatic carbocycles. The summed E-state index contributed by atoms with van der Waals surface area (Å²) in [6.45, 7) is 6.02. The van der Waals surface area contributed by atoms with Crippen molar-refractivity contribution in [1.29, 1.82) is 0 Å². The summed E-state index contributed by atoms with van der Waals surface area (Å²) in [6, 6.07) is 11.2. The number of hydrogen-bond acceptors (Lipinski definition) is 2. The monoisotopic (exact) mass is 291 g/mol. The highest BCUT2D eigenvalue weighted by atomic mass is 19.2. The number of hydrogen-bond donors (Lipinski definition) is 1. The van der Waals surface area contributed by atoms with E-state index in [2.05, 4.69) is 19.2 Å². The van der Waals surface area contributed by atoms with Crippen molar-refractivity contribution in [3.8, 4) is 11.5 Å². The van der Waals surface area contributed by atoms with Gasteiger partial charge in [0.25, 0.3) is 0 Å². The number of benzene rings is 2. The Morgan fingerprint density at radius 1 is 1.05 bits per heavy atom. The van der Waals surface area contributed by atoms with Crippen LogP contribution in [-0.2, 0) is 6.54 Å². The summed E-state index contributed by atoms with van der Waals surface area (Å²) in [5, 5.41) is 3.34. The molecule has 0 aliphatic carbocycles. The second-order valence-corrected chi connectivity index (χ2v) is 5.32. The fourth-order valence-electron chi connectivity index (χ4n) is 1.87. The van der Waals surface area contributed by atoms with E-state index in [1.165, 1.54) is 12.1 Å². The Bertz CT molecular complexity index is 582. The summed E-state index contributed by atoms with van der Waals surface area (Å²) in [6.07, 6.45) is 0. The van der Waals surface area contributed by atoms with Gasteiger partial charge in [-0.2, -0.15) is 4.39 Å². The van der Waals surface area contributed by atoms with Crippen molar-refractivity contribution in [3.63, 3.8) is 0 Å². The molecule has 0 bridgehead atoms. The summed E-state index contributed by atoms with van der Waals surface area (Å²) < 4.78 is 31.9. The third kappa shape index (κ3) is 4.53. The lowest BCUT2D eigenvalue weighted by molar-refractivity contribution is 0.416. The lowest BCUT2D eigenvalue weighted by atomic mass is 10.2. The van der Waals surface area contributed by atoms with Gasteiger partial charge in [-0.1, -0.05) is 32.0 Å². The van der Waals surface area contributed by atoms with Crippen LogP contribution in [0.2, 0.25) is 0 Å². The van der Waals surface area contributed by atoms with E-state index in [0.717, 1.165) is 24.7 Å². The maximum absolute atomic E-state index is 13.5. The van der Waals surface area contributed by atoms with Gasteiger partial charge in [0, 0.05) is 6.54 Å². The number of rotatable bonds is 6. The van der Waals surface area contributed by atoms with E-state index in [0.29, 0.717) is 11.7 Å². The van der Waals surface area contributed by atoms with Crippen molar-refractivity contribution in [1.82, 2.24) is 5.32 Å². The predicted molar refractivity (Wildman–Crippen MR) is 79.4 cm³/mol. The minimum Gasteiger partial charge on any atom is -0.454 e. The van der Waals surface area contributed by atoms with Crippen LogP contribution in [0.3, 0.4) is 0 Å². The van der Waals surface area contributed by atoms with Crippen molar-refractivity contribution >= 4 is 0 Å². The number of halogens is 2. The molecule has 2 aromatic rings. The molecule has 112 valence electrons. The smallest absolute Gasteiger partial charge is 0.201 e. The first-order valence-corrected chi connectivity index (χ1v) is 6.98. The Labute approximate surface area is 123 Å². The Kier molecular flexibility index (Phi) is 5.28. The zero-order valence-electron chi connectivity index (χ0n) is 12.2. The molecule has 0 atom stereocenters. The second kappa shape index (κ2) is 7.18. The van der Waals surface area contributed by atoms with E-state index >= 15 is 0 Å². The predicted octanol–water partition coefficient (Wildman–Crippen LogP) is 4.50. The number of ether oxygens (including phenoxy) is 1. The largest absolute Gasteiger partial charge is 0.454 e. The Morgan fingerprint density at radius 3 is 2.43 bits per heavy atom. The van der Waals surface area contributed by atoms with E-state index in [1.54, 1.807) is 12.1 Å². The van der Waals surface area contributed by atoms with Gasteiger partial charge in [-0.25, -0.2) is 4.39 Å². The molecule has 0 aromatic heterocycles. The molecule has 0 unspecified atom stereocenters. The van der Waals surface area contributed by atoms with Crippen LogP contribution in [-0.4, -0.2) is 6.54 Å². The molecule has 0 aliphatic heterocycles. The maximum atomic E-state index is 13.5. The third-order valence-corrected chi connectivity index (χ3v) is 2.95. The lowest BCUT2D eigenvalue weighted by Crippen LogP contribution is -2.18. The number of nitrogens with one attached hydrogen (secondary N) is 1. The van der Waals surface area contributed by atoms with E-state index in [9.17, 15) is 8.78 Å². The molecular weight excluding hydrogens is 272 g/mol. The van der Waals surface area contributed by atoms with Crippen LogP contribution in [0.15, 0.2) is 42.5 Å². The van der Waals surface area contributed by atoms with Gasteiger partial charge in [-0.15, -0.1) is 0 Å². The molecule has 0 aliphatic rings. The molecule has 0 radical (unpaired) electrons. The van der Waals surface area contributed by atoms with Gasteiger partial charge in [0.15, 0.2) is 11.6 Å². The van der Waals surface area contributed by atoms with Crippen LogP contribution < -0.4 is 10.1 Å². The van der Waals surface area contributed by atoms with Gasteiger partial charge in [0.05, 0.1) is 0 Å². The van der Waals surface area contributed by atoms with Crippen molar-refractivity contribution < 1.29 is 13.5 Å². The zero-order valence-corrected chi connectivity index (χ0v) is 12.2. The minimum absolute atomic E-state index is 0.110. The highest BCUT2D eigenvalue weighted by Crippen LogP contribution is 2.25. The molecule has 4 heteroatoms. The standard InChI is InChI=1S/C17H19F2NO/c1-12(2)10-20-11-13-6-8-14(9-7-13)21-16-5-3-4-15(18)17(16)19/h3-9,12,20H,10-11H2,1-2H3. The molecule has 0 fully saturated rings. The van der Waals surface area contributed by atoms with E-state index in [4.69, 9.17) is 4.74 Å². The van der Waals surface area contributed by atoms with Crippen LogP contribution in [0, 0.1) is 17.6 Å². The molecule has 0 heterocycles. The fourth-order valence-corrected chi connectivity index (χ4v) is 1.87. The van der Waals surface area contributed by atoms with Gasteiger partial charge in [0.2, 0.25) is 5.82 Å². The van der Waals surface area contributed by atoms with Crippen LogP contribution in [0.25, 0.3) is 0 Å². The van der Waals surface area contributed by atoms with Crippen molar-refractivity contribution in [2.75, 3.05) is 6.54 Å². The van der Waals surface area contributed by atoms with Crippen molar-refractivity contribution in [3.05, 3.63) is 59.7 Å². The Balaban J connectivity index is 1.97. The maximum Gasteiger partial charge on any atom is 0.201 e. The zero-order chi connectivity index (χ0) is 15.2. The average Bonchev–Trinajstić information content (AvgIpc) is 2.45. The second-order valence-electron chi connectivity index (χ2n) is 5.32. The Morgan fingerprint density at radius 2 is 1.76 bits per heavy atom. The SMILES string of the molecule is CC(C)CNCc1ccc(Oc2cccc(F)c2F)cc1. The lowest BCUT2D eigenvalue weighted by Gasteiger charge is -2.09. The average molecular weight is 291 g/mol. The normalized spacial score (nSPS) is 10.9. The van der Waals surface area contributed by atoms with Gasteiger partial charge < -0.3 is 10.1 Å². The molecule has 21 heavy (non-hydrogen) atoms. The quantitative estimate of drug-likeness (QED) is 0.846. The van der Waals surface area contributed by atoms with Crippen molar-refractivity contribution in [2.24, 2.45) is 5.92 Å². The van der Waals surface area contributed by atoms with Gasteiger partial charge >= 0.3 is 0 Å². The molecule has 0 spiro atoms. The topological polar surface area (TPSA) is 21.3 Å². The summed E-state index contributed by atoms with van der Waals surface area (Å²) in [7, 11) is 0. The van der Waals surface area contributed by atoms with Gasteiger partial charge in [-0.05, 0) is 42.3 Å². The summed E-state index contributed by atoms with van der Waals surface area (Å²) in [5.41, 5.74) is 1.11. The molecule has 0 amide bonds. The van der Waals surface area contributed by atoms with Crippen molar-refractivity contribution in [2.45, 2.75) is 20.4 Å². The van der Waals surface area contributed by atoms with Gasteiger partial charge in [0.1, 0.15) is 5.75 Å². The van der Waals surface area contributed by atoms with Crippen LogP contribution in [0.4, 0.5) is 8.78 Å². The molecule has 0 saturated carbocycles. The highest BCUT2D eigenvalue weighted by Gasteiger charge is 2.09. The summed E-state index contributed by atoms with van der Waals surface area (Å²) in [4.78, 5) is 0. The first-order valence-electron chi connectivity index (χ1n) is 6.98. The van der Waals surface area contributed by atoms with Gasteiger partial charge in [-0.3, -0.25) is 0 Å².